The van der Waals surface area contributed by atoms with Crippen LogP contribution in [0.2, 0.25) is 0 Å². The molecule has 0 aliphatic carbocycles. The summed E-state index contributed by atoms with van der Waals surface area (Å²) in [6.07, 6.45) is 0. The van der Waals surface area contributed by atoms with Crippen LogP contribution in [0.15, 0.2) is 52.4 Å². The summed E-state index contributed by atoms with van der Waals surface area (Å²) in [6.45, 7) is 4.18. The normalized spacial score (nSPS) is 14.0. The molecule has 1 aromatic carbocycles. The molecule has 0 saturated heterocycles. The molecular weight excluding hydrogens is 282 g/mol. The van der Waals surface area contributed by atoms with Crippen molar-refractivity contribution in [1.82, 2.24) is 15.5 Å². The van der Waals surface area contributed by atoms with Crippen molar-refractivity contribution in [3.63, 3.8) is 0 Å². The molecule has 0 radical (unpaired) electrons. The second-order valence-corrected chi connectivity index (χ2v) is 5.93. The molecule has 1 N–H and O–H groups in total. The number of nitrogens with one attached hydrogen (secondary N) is 1. The van der Waals surface area contributed by atoms with Crippen LogP contribution in [-0.2, 0) is 0 Å². The highest BCUT2D eigenvalue weighted by Crippen LogP contribution is 2.23. The molecule has 0 aliphatic rings. The van der Waals surface area contributed by atoms with Crippen LogP contribution < -0.4 is 5.32 Å². The lowest BCUT2D eigenvalue weighted by Gasteiger charge is -2.16. The standard InChI is InChI=1S/C16H17N3OS/c1-11(14-9-6-10-21-14)17-12(2)15-18-16(20-19-15)13-7-4-3-5-8-13/h3-12,17H,1-2H3/t11-,12-/m0/s1. The first-order chi connectivity index (χ1) is 10.2. The Bertz CT molecular complexity index is 679. The molecule has 2 heterocycles. The fourth-order valence-electron chi connectivity index (χ4n) is 2.18. The molecule has 3 rings (SSSR count). The molecule has 0 spiro atoms. The van der Waals surface area contributed by atoms with Gasteiger partial charge in [-0.3, -0.25) is 5.32 Å². The summed E-state index contributed by atoms with van der Waals surface area (Å²) in [5.41, 5.74) is 0.940. The Morgan fingerprint density at radius 2 is 1.86 bits per heavy atom. The highest BCUT2D eigenvalue weighted by Gasteiger charge is 2.17. The molecule has 0 saturated carbocycles. The maximum absolute atomic E-state index is 5.35. The average molecular weight is 299 g/mol. The highest BCUT2D eigenvalue weighted by atomic mass is 32.1. The summed E-state index contributed by atoms with van der Waals surface area (Å²) in [6, 6.07) is 14.3. The summed E-state index contributed by atoms with van der Waals surface area (Å²) >= 11 is 1.74. The molecule has 0 fully saturated rings. The largest absolute Gasteiger partial charge is 0.334 e. The quantitative estimate of drug-likeness (QED) is 0.766. The molecular formula is C16H17N3OS. The van der Waals surface area contributed by atoms with Gasteiger partial charge in [0.15, 0.2) is 5.82 Å². The third-order valence-electron chi connectivity index (χ3n) is 3.32. The lowest BCUT2D eigenvalue weighted by Crippen LogP contribution is -2.22. The zero-order valence-corrected chi connectivity index (χ0v) is 12.8. The van der Waals surface area contributed by atoms with E-state index in [1.54, 1.807) is 11.3 Å². The molecule has 108 valence electrons. The second-order valence-electron chi connectivity index (χ2n) is 4.95. The van der Waals surface area contributed by atoms with Gasteiger partial charge in [-0.25, -0.2) is 0 Å². The molecule has 3 aromatic rings. The van der Waals surface area contributed by atoms with Crippen LogP contribution in [0.4, 0.5) is 0 Å². The maximum Gasteiger partial charge on any atom is 0.257 e. The van der Waals surface area contributed by atoms with Crippen molar-refractivity contribution in [1.29, 1.82) is 0 Å². The first kappa shape index (κ1) is 14.0. The molecule has 2 atom stereocenters. The van der Waals surface area contributed by atoms with E-state index in [1.807, 2.05) is 37.3 Å². The van der Waals surface area contributed by atoms with Gasteiger partial charge in [-0.2, -0.15) is 4.98 Å². The van der Waals surface area contributed by atoms with Crippen molar-refractivity contribution in [3.05, 3.63) is 58.5 Å². The molecule has 4 nitrogen and oxygen atoms in total. The Morgan fingerprint density at radius 3 is 2.57 bits per heavy atom. The second kappa shape index (κ2) is 6.20. The molecule has 2 aromatic heterocycles. The van der Waals surface area contributed by atoms with Gasteiger partial charge in [-0.05, 0) is 37.4 Å². The van der Waals surface area contributed by atoms with E-state index in [0.29, 0.717) is 11.7 Å². The van der Waals surface area contributed by atoms with Gasteiger partial charge in [0, 0.05) is 16.5 Å². The number of aromatic nitrogens is 2. The predicted molar refractivity (Wildman–Crippen MR) is 84.0 cm³/mol. The van der Waals surface area contributed by atoms with Crippen LogP contribution in [0.25, 0.3) is 11.5 Å². The van der Waals surface area contributed by atoms with Crippen molar-refractivity contribution >= 4 is 11.3 Å². The SMILES string of the molecule is C[C@H](N[C@@H](C)c1cccs1)c1noc(-c2ccccc2)n1. The topological polar surface area (TPSA) is 51.0 Å². The number of thiophene rings is 1. The van der Waals surface area contributed by atoms with Crippen LogP contribution in [0, 0.1) is 0 Å². The summed E-state index contributed by atoms with van der Waals surface area (Å²) in [5.74, 6) is 1.24. The maximum atomic E-state index is 5.35. The Hall–Kier alpha value is -1.98. The molecule has 0 aliphatic heterocycles. The zero-order chi connectivity index (χ0) is 14.7. The van der Waals surface area contributed by atoms with E-state index in [1.165, 1.54) is 4.88 Å². The van der Waals surface area contributed by atoms with Gasteiger partial charge in [0.05, 0.1) is 6.04 Å². The fraction of sp³-hybridized carbons (Fsp3) is 0.250. The zero-order valence-electron chi connectivity index (χ0n) is 12.0. The highest BCUT2D eigenvalue weighted by molar-refractivity contribution is 7.10. The Morgan fingerprint density at radius 1 is 1.05 bits per heavy atom. The van der Waals surface area contributed by atoms with Crippen LogP contribution >= 0.6 is 11.3 Å². The van der Waals surface area contributed by atoms with E-state index >= 15 is 0 Å². The van der Waals surface area contributed by atoms with Gasteiger partial charge in [-0.15, -0.1) is 11.3 Å². The third-order valence-corrected chi connectivity index (χ3v) is 4.37. The van der Waals surface area contributed by atoms with Crippen molar-refractivity contribution in [2.24, 2.45) is 0 Å². The average Bonchev–Trinajstić information content (AvgIpc) is 3.20. The van der Waals surface area contributed by atoms with Crippen molar-refractivity contribution in [3.8, 4) is 11.5 Å². The molecule has 0 unspecified atom stereocenters. The lowest BCUT2D eigenvalue weighted by molar-refractivity contribution is 0.401. The van der Waals surface area contributed by atoms with Crippen molar-refractivity contribution in [2.75, 3.05) is 0 Å². The summed E-state index contributed by atoms with van der Waals surface area (Å²) in [7, 11) is 0. The minimum atomic E-state index is 0.0308. The monoisotopic (exact) mass is 299 g/mol. The van der Waals surface area contributed by atoms with Gasteiger partial charge < -0.3 is 4.52 Å². The first-order valence-electron chi connectivity index (χ1n) is 6.92. The number of hydrogen-bond donors (Lipinski definition) is 1. The number of nitrogens with zero attached hydrogens (tertiary/aromatic N) is 2. The Labute approximate surface area is 127 Å². The van der Waals surface area contributed by atoms with E-state index in [-0.39, 0.29) is 12.1 Å². The minimum absolute atomic E-state index is 0.0308. The van der Waals surface area contributed by atoms with Gasteiger partial charge >= 0.3 is 0 Å². The van der Waals surface area contributed by atoms with E-state index < -0.39 is 0 Å². The summed E-state index contributed by atoms with van der Waals surface area (Å²) < 4.78 is 5.35. The third kappa shape index (κ3) is 3.20. The van der Waals surface area contributed by atoms with Crippen LogP contribution in [-0.4, -0.2) is 10.1 Å². The van der Waals surface area contributed by atoms with Crippen LogP contribution in [0.5, 0.6) is 0 Å². The molecule has 0 bridgehead atoms. The molecule has 21 heavy (non-hydrogen) atoms. The summed E-state index contributed by atoms with van der Waals surface area (Å²) in [4.78, 5) is 5.78. The van der Waals surface area contributed by atoms with E-state index in [0.717, 1.165) is 5.56 Å². The number of hydrogen-bond acceptors (Lipinski definition) is 5. The predicted octanol–water partition coefficient (Wildman–Crippen LogP) is 4.21. The smallest absolute Gasteiger partial charge is 0.257 e. The molecule has 0 amide bonds. The first-order valence-corrected chi connectivity index (χ1v) is 7.80. The molecule has 5 heteroatoms. The minimum Gasteiger partial charge on any atom is -0.334 e. The summed E-state index contributed by atoms with van der Waals surface area (Å²) in [5, 5.41) is 9.65. The van der Waals surface area contributed by atoms with Gasteiger partial charge in [0.1, 0.15) is 0 Å². The van der Waals surface area contributed by atoms with E-state index in [4.69, 9.17) is 4.52 Å². The lowest BCUT2D eigenvalue weighted by atomic mass is 10.2. The van der Waals surface area contributed by atoms with Gasteiger partial charge in [0.25, 0.3) is 5.89 Å². The fourth-order valence-corrected chi connectivity index (χ4v) is 2.92. The Kier molecular flexibility index (Phi) is 4.13. The van der Waals surface area contributed by atoms with Gasteiger partial charge in [-0.1, -0.05) is 29.4 Å². The van der Waals surface area contributed by atoms with E-state index in [2.05, 4.69) is 39.9 Å². The Balaban J connectivity index is 1.71. The van der Waals surface area contributed by atoms with E-state index in [9.17, 15) is 0 Å². The van der Waals surface area contributed by atoms with Crippen LogP contribution in [0.3, 0.4) is 0 Å². The van der Waals surface area contributed by atoms with Crippen LogP contribution in [0.1, 0.15) is 36.6 Å². The van der Waals surface area contributed by atoms with Gasteiger partial charge in [0.2, 0.25) is 0 Å². The van der Waals surface area contributed by atoms with Crippen molar-refractivity contribution in [2.45, 2.75) is 25.9 Å². The number of benzene rings is 1. The van der Waals surface area contributed by atoms with Crippen molar-refractivity contribution < 1.29 is 4.52 Å². The number of rotatable bonds is 5.